The Balaban J connectivity index is 1.83. The number of aromatic nitrogens is 1. The van der Waals surface area contributed by atoms with Crippen LogP contribution in [-0.2, 0) is 27.9 Å². The molecule has 0 N–H and O–H groups in total. The summed E-state index contributed by atoms with van der Waals surface area (Å²) in [6.45, 7) is 8.53. The van der Waals surface area contributed by atoms with Gasteiger partial charge in [-0.2, -0.15) is 0 Å². The van der Waals surface area contributed by atoms with Crippen LogP contribution in [0.25, 0.3) is 0 Å². The van der Waals surface area contributed by atoms with E-state index in [-0.39, 0.29) is 30.9 Å². The zero-order chi connectivity index (χ0) is 25.4. The van der Waals surface area contributed by atoms with Crippen LogP contribution in [0.1, 0.15) is 67.3 Å². The fourth-order valence-electron chi connectivity index (χ4n) is 3.72. The van der Waals surface area contributed by atoms with Crippen molar-refractivity contribution in [2.75, 3.05) is 20.3 Å². The second kappa shape index (κ2) is 11.7. The Bertz CT molecular complexity index is 1140. The van der Waals surface area contributed by atoms with E-state index in [9.17, 15) is 9.59 Å². The van der Waals surface area contributed by atoms with Gasteiger partial charge < -0.3 is 18.8 Å². The number of nitrogens with zero attached hydrogens (tertiary/aromatic N) is 2. The number of carbonyl (C=O) groups excluding carboxylic acids is 2. The molecule has 3 rings (SSSR count). The second-order valence-corrected chi connectivity index (χ2v) is 8.99. The number of benzene rings is 1. The molecule has 0 saturated heterocycles. The summed E-state index contributed by atoms with van der Waals surface area (Å²) in [5.41, 5.74) is 2.90. The highest BCUT2D eigenvalue weighted by Crippen LogP contribution is 2.32. The fraction of sp³-hybridized carbons (Fsp3) is 0.393. The predicted octanol–water partition coefficient (Wildman–Crippen LogP) is 5.17. The lowest BCUT2D eigenvalue weighted by molar-refractivity contribution is -0.144. The Morgan fingerprint density at radius 3 is 2.54 bits per heavy atom. The summed E-state index contributed by atoms with van der Waals surface area (Å²) in [5.74, 6) is 0.673. The lowest BCUT2D eigenvalue weighted by Gasteiger charge is -2.24. The highest BCUT2D eigenvalue weighted by atomic mass is 16.5. The van der Waals surface area contributed by atoms with E-state index < -0.39 is 11.9 Å². The third-order valence-corrected chi connectivity index (χ3v) is 6.17. The Morgan fingerprint density at radius 2 is 1.89 bits per heavy atom. The van der Waals surface area contributed by atoms with Crippen LogP contribution >= 0.6 is 0 Å². The molecule has 7 nitrogen and oxygen atoms in total. The van der Waals surface area contributed by atoms with Crippen molar-refractivity contribution < 1.29 is 23.5 Å². The molecule has 0 aliphatic rings. The van der Waals surface area contributed by atoms with E-state index in [1.54, 1.807) is 44.5 Å². The summed E-state index contributed by atoms with van der Waals surface area (Å²) in [7, 11) is 1.64. The number of hydrogen-bond acceptors (Lipinski definition) is 6. The Kier molecular flexibility index (Phi) is 8.68. The molecule has 0 atom stereocenters. The van der Waals surface area contributed by atoms with Crippen LogP contribution in [0.2, 0.25) is 0 Å². The van der Waals surface area contributed by atoms with Crippen molar-refractivity contribution in [3.63, 3.8) is 0 Å². The summed E-state index contributed by atoms with van der Waals surface area (Å²) in [6, 6.07) is 15.1. The van der Waals surface area contributed by atoms with Crippen molar-refractivity contribution in [1.29, 1.82) is 0 Å². The largest absolute Gasteiger partial charge is 0.496 e. The van der Waals surface area contributed by atoms with Gasteiger partial charge in [0.05, 0.1) is 26.0 Å². The minimum atomic E-state index is -0.483. The Morgan fingerprint density at radius 1 is 1.09 bits per heavy atom. The third-order valence-electron chi connectivity index (χ3n) is 6.17. The number of methoxy groups -OCH3 is 1. The molecule has 0 aliphatic heterocycles. The number of esters is 1. The molecular formula is C28H34N2O5. The van der Waals surface area contributed by atoms with E-state index in [2.05, 4.69) is 37.9 Å². The van der Waals surface area contributed by atoms with Gasteiger partial charge in [0, 0.05) is 18.2 Å². The first-order valence-electron chi connectivity index (χ1n) is 11.9. The van der Waals surface area contributed by atoms with Gasteiger partial charge in [-0.05, 0) is 54.7 Å². The molecule has 7 heteroatoms. The Labute approximate surface area is 207 Å². The van der Waals surface area contributed by atoms with Crippen LogP contribution in [0, 0.1) is 0 Å². The number of amides is 1. The third kappa shape index (κ3) is 6.72. The molecule has 1 aromatic carbocycles. The predicted molar refractivity (Wildman–Crippen MR) is 133 cm³/mol. The van der Waals surface area contributed by atoms with E-state index in [4.69, 9.17) is 13.9 Å². The van der Waals surface area contributed by atoms with E-state index >= 15 is 0 Å². The lowest BCUT2D eigenvalue weighted by Crippen LogP contribution is -2.36. The first-order chi connectivity index (χ1) is 16.8. The van der Waals surface area contributed by atoms with Crippen molar-refractivity contribution in [1.82, 2.24) is 9.88 Å². The van der Waals surface area contributed by atoms with Gasteiger partial charge in [0.25, 0.3) is 5.91 Å². The number of pyridine rings is 1. The molecule has 0 saturated carbocycles. The lowest BCUT2D eigenvalue weighted by atomic mass is 9.81. The summed E-state index contributed by atoms with van der Waals surface area (Å²) in [4.78, 5) is 31.1. The molecule has 0 fully saturated rings. The molecule has 0 spiro atoms. The molecule has 0 unspecified atom stereocenters. The van der Waals surface area contributed by atoms with Crippen molar-refractivity contribution in [2.24, 2.45) is 0 Å². The summed E-state index contributed by atoms with van der Waals surface area (Å²) >= 11 is 0. The minimum absolute atomic E-state index is 0.0321. The number of rotatable bonds is 11. The average molecular weight is 479 g/mol. The quantitative estimate of drug-likeness (QED) is 0.354. The van der Waals surface area contributed by atoms with Crippen molar-refractivity contribution >= 4 is 11.9 Å². The van der Waals surface area contributed by atoms with Crippen molar-refractivity contribution in [2.45, 2.75) is 52.5 Å². The molecule has 186 valence electrons. The summed E-state index contributed by atoms with van der Waals surface area (Å²) in [5, 5.41) is 0. The fourth-order valence-corrected chi connectivity index (χ4v) is 3.72. The Hall–Kier alpha value is -3.61. The maximum atomic E-state index is 13.3. The summed E-state index contributed by atoms with van der Waals surface area (Å²) < 4.78 is 16.6. The molecule has 0 radical (unpaired) electrons. The van der Waals surface area contributed by atoms with Gasteiger partial charge in [0.1, 0.15) is 18.1 Å². The maximum absolute atomic E-state index is 13.3. The molecule has 0 aliphatic carbocycles. The van der Waals surface area contributed by atoms with Crippen molar-refractivity contribution in [3.05, 3.63) is 83.1 Å². The zero-order valence-corrected chi connectivity index (χ0v) is 21.2. The van der Waals surface area contributed by atoms with Gasteiger partial charge in [0.15, 0.2) is 5.76 Å². The number of ether oxygens (including phenoxy) is 2. The van der Waals surface area contributed by atoms with Gasteiger partial charge in [-0.25, -0.2) is 0 Å². The normalized spacial score (nSPS) is 11.2. The van der Waals surface area contributed by atoms with Crippen LogP contribution in [0.3, 0.4) is 0 Å². The van der Waals surface area contributed by atoms with Crippen LogP contribution in [0.15, 0.2) is 59.1 Å². The SMILES string of the molecule is CCOC(=O)CN(Cc1ccccn1)C(=O)c1ccc(Cc2cc(C(C)(C)CC)ccc2OC)o1. The van der Waals surface area contributed by atoms with E-state index in [1.807, 2.05) is 12.1 Å². The second-order valence-electron chi connectivity index (χ2n) is 8.99. The highest BCUT2D eigenvalue weighted by molar-refractivity contribution is 5.93. The molecule has 3 aromatic rings. The van der Waals surface area contributed by atoms with Gasteiger partial charge in [-0.3, -0.25) is 14.6 Å². The number of furan rings is 1. The number of hydrogen-bond donors (Lipinski definition) is 0. The van der Waals surface area contributed by atoms with Gasteiger partial charge in [-0.15, -0.1) is 0 Å². The van der Waals surface area contributed by atoms with Crippen LogP contribution < -0.4 is 4.74 Å². The van der Waals surface area contributed by atoms with Crippen molar-refractivity contribution in [3.8, 4) is 5.75 Å². The van der Waals surface area contributed by atoms with Gasteiger partial charge in [-0.1, -0.05) is 39.0 Å². The molecule has 2 heterocycles. The average Bonchev–Trinajstić information content (AvgIpc) is 3.32. The number of carbonyl (C=O) groups is 2. The zero-order valence-electron chi connectivity index (χ0n) is 21.2. The van der Waals surface area contributed by atoms with E-state index in [0.717, 1.165) is 17.7 Å². The molecule has 35 heavy (non-hydrogen) atoms. The van der Waals surface area contributed by atoms with Gasteiger partial charge >= 0.3 is 5.97 Å². The van der Waals surface area contributed by atoms with Crippen LogP contribution in [-0.4, -0.2) is 42.0 Å². The monoisotopic (exact) mass is 478 g/mol. The first-order valence-corrected chi connectivity index (χ1v) is 11.9. The standard InChI is InChI=1S/C28H34N2O5/c1-6-28(3,4)21-11-13-24(33-5)20(16-21)17-23-12-14-25(35-23)27(32)30(19-26(31)34-7-2)18-22-10-8-9-15-29-22/h8-16H,6-7,17-19H2,1-5H3. The first kappa shape index (κ1) is 26.0. The van der Waals surface area contributed by atoms with Crippen LogP contribution in [0.5, 0.6) is 5.75 Å². The van der Waals surface area contributed by atoms with Gasteiger partial charge in [0.2, 0.25) is 0 Å². The molecule has 2 aromatic heterocycles. The molecule has 0 bridgehead atoms. The van der Waals surface area contributed by atoms with E-state index in [0.29, 0.717) is 17.9 Å². The molecule has 1 amide bonds. The van der Waals surface area contributed by atoms with E-state index in [1.165, 1.54) is 10.5 Å². The topological polar surface area (TPSA) is 81.9 Å². The highest BCUT2D eigenvalue weighted by Gasteiger charge is 2.24. The maximum Gasteiger partial charge on any atom is 0.325 e. The molecular weight excluding hydrogens is 444 g/mol. The van der Waals surface area contributed by atoms with Crippen LogP contribution in [0.4, 0.5) is 0 Å². The smallest absolute Gasteiger partial charge is 0.325 e. The summed E-state index contributed by atoms with van der Waals surface area (Å²) in [6.07, 6.45) is 3.13. The minimum Gasteiger partial charge on any atom is -0.496 e.